The molecule has 3 fully saturated rings. The Bertz CT molecular complexity index is 760. The lowest BCUT2D eigenvalue weighted by molar-refractivity contribution is 0.0179. The number of guanidine groups is 1. The Balaban J connectivity index is 0.00000289. The van der Waals surface area contributed by atoms with E-state index in [0.29, 0.717) is 24.8 Å². The van der Waals surface area contributed by atoms with Gasteiger partial charge in [-0.05, 0) is 43.9 Å². The third-order valence-electron chi connectivity index (χ3n) is 6.47. The molecule has 2 N–H and O–H groups in total. The summed E-state index contributed by atoms with van der Waals surface area (Å²) in [6, 6.07) is 6.64. The molecule has 4 atom stereocenters. The highest BCUT2D eigenvalue weighted by molar-refractivity contribution is 14.0. The zero-order valence-corrected chi connectivity index (χ0v) is 21.7. The molecule has 3 saturated heterocycles. The maximum absolute atomic E-state index is 6.01. The molecule has 3 aliphatic rings. The van der Waals surface area contributed by atoms with E-state index >= 15 is 0 Å². The fourth-order valence-electron chi connectivity index (χ4n) is 4.84. The van der Waals surface area contributed by atoms with Crippen molar-refractivity contribution in [2.75, 3.05) is 53.6 Å². The first-order chi connectivity index (χ1) is 15.2. The number of nitrogens with zero attached hydrogens (tertiary/aromatic N) is 2. The summed E-state index contributed by atoms with van der Waals surface area (Å²) in [4.78, 5) is 7.44. The fourth-order valence-corrected chi connectivity index (χ4v) is 4.84. The van der Waals surface area contributed by atoms with E-state index in [2.05, 4.69) is 34.6 Å². The summed E-state index contributed by atoms with van der Waals surface area (Å²) >= 11 is 0. The minimum atomic E-state index is 0. The van der Waals surface area contributed by atoms with E-state index in [9.17, 15) is 0 Å². The summed E-state index contributed by atoms with van der Waals surface area (Å²) < 4.78 is 22.6. The number of aliphatic imine (C=N–C) groups is 1. The molecular weight excluding hydrogens is 523 g/mol. The highest BCUT2D eigenvalue weighted by Crippen LogP contribution is 2.35. The standard InChI is InChI=1S/C23H36N4O4.HI/c1-4-24-23(26-18-14-17-6-8-20(18)31-17)25-15-19(27-9-11-30-12-10-27)16-5-7-21(28-2)22(13-16)29-3;/h5,7,13,17-20H,4,6,8-12,14-15H2,1-3H3,(H2,24,25,26);1H. The van der Waals surface area contributed by atoms with Gasteiger partial charge in [0.1, 0.15) is 0 Å². The number of ether oxygens (including phenoxy) is 4. The average Bonchev–Trinajstić information content (AvgIpc) is 3.43. The molecule has 0 aromatic heterocycles. The minimum Gasteiger partial charge on any atom is -0.493 e. The predicted molar refractivity (Wildman–Crippen MR) is 136 cm³/mol. The number of rotatable bonds is 8. The van der Waals surface area contributed by atoms with Crippen LogP contribution in [0.25, 0.3) is 0 Å². The number of fused-ring (bicyclic) bond motifs is 2. The molecule has 32 heavy (non-hydrogen) atoms. The Morgan fingerprint density at radius 2 is 1.97 bits per heavy atom. The first kappa shape index (κ1) is 25.3. The van der Waals surface area contributed by atoms with E-state index in [0.717, 1.165) is 63.1 Å². The molecule has 180 valence electrons. The van der Waals surface area contributed by atoms with Gasteiger partial charge in [-0.2, -0.15) is 0 Å². The molecule has 1 aromatic rings. The summed E-state index contributed by atoms with van der Waals surface area (Å²) in [5, 5.41) is 7.04. The van der Waals surface area contributed by atoms with Crippen LogP contribution < -0.4 is 20.1 Å². The molecule has 3 heterocycles. The zero-order chi connectivity index (χ0) is 21.6. The first-order valence-corrected chi connectivity index (χ1v) is 11.5. The van der Waals surface area contributed by atoms with Gasteiger partial charge in [0, 0.05) is 19.6 Å². The molecule has 0 amide bonds. The maximum Gasteiger partial charge on any atom is 0.191 e. The molecule has 1 aromatic carbocycles. The second-order valence-corrected chi connectivity index (χ2v) is 8.36. The van der Waals surface area contributed by atoms with Crippen molar-refractivity contribution in [3.63, 3.8) is 0 Å². The Kier molecular flexibility index (Phi) is 9.69. The van der Waals surface area contributed by atoms with Gasteiger partial charge in [0.25, 0.3) is 0 Å². The second-order valence-electron chi connectivity index (χ2n) is 8.36. The highest BCUT2D eigenvalue weighted by Gasteiger charge is 2.41. The van der Waals surface area contributed by atoms with Crippen LogP contribution in [0.1, 0.15) is 37.8 Å². The largest absolute Gasteiger partial charge is 0.493 e. The average molecular weight is 560 g/mol. The molecular formula is C23H37IN4O4. The molecule has 3 aliphatic heterocycles. The van der Waals surface area contributed by atoms with Gasteiger partial charge in [0.2, 0.25) is 0 Å². The molecule has 4 rings (SSSR count). The normalized spacial score (nSPS) is 26.3. The number of nitrogens with one attached hydrogen (secondary N) is 2. The lowest BCUT2D eigenvalue weighted by Crippen LogP contribution is -2.48. The zero-order valence-electron chi connectivity index (χ0n) is 19.3. The Morgan fingerprint density at radius 3 is 2.59 bits per heavy atom. The lowest BCUT2D eigenvalue weighted by Gasteiger charge is -2.34. The third-order valence-corrected chi connectivity index (χ3v) is 6.47. The number of hydrogen-bond donors (Lipinski definition) is 2. The van der Waals surface area contributed by atoms with Crippen LogP contribution in [0.4, 0.5) is 0 Å². The van der Waals surface area contributed by atoms with E-state index < -0.39 is 0 Å². The van der Waals surface area contributed by atoms with Crippen LogP contribution >= 0.6 is 24.0 Å². The molecule has 0 aliphatic carbocycles. The van der Waals surface area contributed by atoms with E-state index in [-0.39, 0.29) is 30.0 Å². The summed E-state index contributed by atoms with van der Waals surface area (Å²) in [5.74, 6) is 2.34. The highest BCUT2D eigenvalue weighted by atomic mass is 127. The van der Waals surface area contributed by atoms with E-state index in [4.69, 9.17) is 23.9 Å². The smallest absolute Gasteiger partial charge is 0.191 e. The molecule has 0 saturated carbocycles. The summed E-state index contributed by atoms with van der Waals surface area (Å²) in [5.41, 5.74) is 1.17. The molecule has 2 bridgehead atoms. The van der Waals surface area contributed by atoms with Crippen molar-refractivity contribution in [3.8, 4) is 11.5 Å². The molecule has 4 unspecified atom stereocenters. The van der Waals surface area contributed by atoms with Crippen molar-refractivity contribution in [3.05, 3.63) is 23.8 Å². The SMILES string of the molecule is CCNC(=NCC(c1ccc(OC)c(OC)c1)N1CCOCC1)NC1CC2CCC1O2.I. The molecule has 9 heteroatoms. The van der Waals surface area contributed by atoms with Crippen LogP contribution in [0.5, 0.6) is 11.5 Å². The monoisotopic (exact) mass is 560 g/mol. The van der Waals surface area contributed by atoms with Gasteiger partial charge in [0.05, 0.1) is 58.3 Å². The number of halogens is 1. The van der Waals surface area contributed by atoms with Crippen molar-refractivity contribution in [1.29, 1.82) is 0 Å². The number of methoxy groups -OCH3 is 2. The van der Waals surface area contributed by atoms with Gasteiger partial charge in [0.15, 0.2) is 17.5 Å². The quantitative estimate of drug-likeness (QED) is 0.288. The molecule has 0 radical (unpaired) electrons. The number of benzene rings is 1. The van der Waals surface area contributed by atoms with Gasteiger partial charge in [-0.15, -0.1) is 24.0 Å². The van der Waals surface area contributed by atoms with Crippen LogP contribution in [-0.4, -0.2) is 82.7 Å². The lowest BCUT2D eigenvalue weighted by atomic mass is 9.96. The topological polar surface area (TPSA) is 76.6 Å². The van der Waals surface area contributed by atoms with Crippen LogP contribution in [0.2, 0.25) is 0 Å². The van der Waals surface area contributed by atoms with Gasteiger partial charge in [-0.3, -0.25) is 9.89 Å². The van der Waals surface area contributed by atoms with E-state index in [1.807, 2.05) is 6.07 Å². The third kappa shape index (κ3) is 5.98. The van der Waals surface area contributed by atoms with Crippen molar-refractivity contribution >= 4 is 29.9 Å². The van der Waals surface area contributed by atoms with Crippen molar-refractivity contribution in [2.45, 2.75) is 50.5 Å². The van der Waals surface area contributed by atoms with Crippen LogP contribution in [0, 0.1) is 0 Å². The van der Waals surface area contributed by atoms with Crippen molar-refractivity contribution < 1.29 is 18.9 Å². The van der Waals surface area contributed by atoms with Crippen LogP contribution in [-0.2, 0) is 9.47 Å². The Hall–Kier alpha value is -1.30. The van der Waals surface area contributed by atoms with E-state index in [1.54, 1.807) is 14.2 Å². The van der Waals surface area contributed by atoms with Crippen LogP contribution in [0.3, 0.4) is 0 Å². The summed E-state index contributed by atoms with van der Waals surface area (Å²) in [6.45, 7) is 6.83. The first-order valence-electron chi connectivity index (χ1n) is 11.5. The molecule has 8 nitrogen and oxygen atoms in total. The van der Waals surface area contributed by atoms with Gasteiger partial charge >= 0.3 is 0 Å². The minimum absolute atomic E-state index is 0. The van der Waals surface area contributed by atoms with E-state index in [1.165, 1.54) is 12.0 Å². The second kappa shape index (κ2) is 12.2. The Labute approximate surface area is 208 Å². The fraction of sp³-hybridized carbons (Fsp3) is 0.696. The van der Waals surface area contributed by atoms with Crippen molar-refractivity contribution in [2.24, 2.45) is 4.99 Å². The Morgan fingerprint density at radius 1 is 1.19 bits per heavy atom. The maximum atomic E-state index is 6.01. The predicted octanol–water partition coefficient (Wildman–Crippen LogP) is 2.57. The summed E-state index contributed by atoms with van der Waals surface area (Å²) in [7, 11) is 3.34. The summed E-state index contributed by atoms with van der Waals surface area (Å²) in [6.07, 6.45) is 4.13. The van der Waals surface area contributed by atoms with Gasteiger partial charge in [-0.25, -0.2) is 0 Å². The number of morpholine rings is 1. The van der Waals surface area contributed by atoms with Crippen molar-refractivity contribution in [1.82, 2.24) is 15.5 Å². The number of hydrogen-bond acceptors (Lipinski definition) is 6. The van der Waals surface area contributed by atoms with Gasteiger partial charge < -0.3 is 29.6 Å². The van der Waals surface area contributed by atoms with Gasteiger partial charge in [-0.1, -0.05) is 6.07 Å². The molecule has 0 spiro atoms. The van der Waals surface area contributed by atoms with Crippen LogP contribution in [0.15, 0.2) is 23.2 Å².